The molecule has 1 aromatic heterocycles. The molecule has 1 rings (SSSR count). The van der Waals surface area contributed by atoms with Gasteiger partial charge in [-0.3, -0.25) is 4.68 Å². The smallest absolute Gasteiger partial charge is 0.0525 e. The summed E-state index contributed by atoms with van der Waals surface area (Å²) in [5.74, 6) is 0. The Kier molecular flexibility index (Phi) is 6.98. The quantitative estimate of drug-likeness (QED) is 0.685. The average molecular weight is 252 g/mol. The first-order valence-corrected chi connectivity index (χ1v) is 7.14. The van der Waals surface area contributed by atoms with E-state index in [1.807, 2.05) is 6.20 Å². The van der Waals surface area contributed by atoms with Crippen LogP contribution in [0.5, 0.6) is 0 Å². The number of aromatic nitrogens is 2. The normalized spacial score (nSPS) is 11.7. The fourth-order valence-corrected chi connectivity index (χ4v) is 2.13. The lowest BCUT2D eigenvalue weighted by Gasteiger charge is -2.18. The maximum Gasteiger partial charge on any atom is 0.0525 e. The molecule has 0 unspecified atom stereocenters. The third-order valence-corrected chi connectivity index (χ3v) is 3.27. The Morgan fingerprint density at radius 2 is 2.06 bits per heavy atom. The predicted molar refractivity (Wildman–Crippen MR) is 76.7 cm³/mol. The van der Waals surface area contributed by atoms with Gasteiger partial charge in [0.05, 0.1) is 5.69 Å². The Bertz CT molecular complexity index is 315. The van der Waals surface area contributed by atoms with E-state index in [0.29, 0.717) is 6.04 Å². The Labute approximate surface area is 111 Å². The van der Waals surface area contributed by atoms with E-state index in [2.05, 4.69) is 53.8 Å². The Hall–Kier alpha value is -0.870. The van der Waals surface area contributed by atoms with E-state index in [1.165, 1.54) is 18.7 Å². The zero-order chi connectivity index (χ0) is 13.4. The first-order valence-electron chi connectivity index (χ1n) is 7.14. The fourth-order valence-electron chi connectivity index (χ4n) is 2.13. The highest BCUT2D eigenvalue weighted by molar-refractivity contribution is 5.01. The number of nitrogens with zero attached hydrogens (tertiary/aromatic N) is 3. The monoisotopic (exact) mass is 252 g/mol. The highest BCUT2D eigenvalue weighted by Crippen LogP contribution is 2.07. The van der Waals surface area contributed by atoms with Gasteiger partial charge in [-0.05, 0) is 52.5 Å². The zero-order valence-corrected chi connectivity index (χ0v) is 12.3. The van der Waals surface area contributed by atoms with Crippen LogP contribution in [0, 0.1) is 0 Å². The standard InChI is InChI=1S/C14H28N4/c1-5-17(6-2)11-7-9-15-12-14-8-10-16-18(14)13(3)4/h8,10,13,15H,5-7,9,11-12H2,1-4H3. The van der Waals surface area contributed by atoms with Crippen LogP contribution >= 0.6 is 0 Å². The van der Waals surface area contributed by atoms with E-state index in [4.69, 9.17) is 0 Å². The van der Waals surface area contributed by atoms with Crippen LogP contribution in [0.15, 0.2) is 12.3 Å². The van der Waals surface area contributed by atoms with Crippen LogP contribution < -0.4 is 5.32 Å². The van der Waals surface area contributed by atoms with Crippen molar-refractivity contribution in [2.45, 2.75) is 46.7 Å². The maximum absolute atomic E-state index is 4.34. The zero-order valence-electron chi connectivity index (χ0n) is 12.3. The van der Waals surface area contributed by atoms with Gasteiger partial charge >= 0.3 is 0 Å². The van der Waals surface area contributed by atoms with Crippen LogP contribution in [0.4, 0.5) is 0 Å². The lowest BCUT2D eigenvalue weighted by Crippen LogP contribution is -2.27. The van der Waals surface area contributed by atoms with E-state index >= 15 is 0 Å². The molecule has 0 aliphatic carbocycles. The van der Waals surface area contributed by atoms with Gasteiger partial charge in [-0.25, -0.2) is 0 Å². The summed E-state index contributed by atoms with van der Waals surface area (Å²) in [4.78, 5) is 2.46. The minimum Gasteiger partial charge on any atom is -0.311 e. The van der Waals surface area contributed by atoms with Crippen molar-refractivity contribution in [1.29, 1.82) is 0 Å². The Morgan fingerprint density at radius 3 is 2.67 bits per heavy atom. The van der Waals surface area contributed by atoms with E-state index in [1.54, 1.807) is 0 Å². The van der Waals surface area contributed by atoms with E-state index in [-0.39, 0.29) is 0 Å². The van der Waals surface area contributed by atoms with E-state index in [0.717, 1.165) is 26.2 Å². The summed E-state index contributed by atoms with van der Waals surface area (Å²) >= 11 is 0. The van der Waals surface area contributed by atoms with Crippen LogP contribution in [0.3, 0.4) is 0 Å². The van der Waals surface area contributed by atoms with Crippen molar-refractivity contribution in [3.05, 3.63) is 18.0 Å². The van der Waals surface area contributed by atoms with Gasteiger partial charge in [-0.1, -0.05) is 13.8 Å². The third-order valence-electron chi connectivity index (χ3n) is 3.27. The minimum absolute atomic E-state index is 0.437. The summed E-state index contributed by atoms with van der Waals surface area (Å²) < 4.78 is 2.08. The second-order valence-electron chi connectivity index (χ2n) is 4.92. The number of rotatable bonds is 9. The molecular weight excluding hydrogens is 224 g/mol. The molecule has 0 saturated heterocycles. The Balaban J connectivity index is 2.20. The van der Waals surface area contributed by atoms with Crippen molar-refractivity contribution < 1.29 is 0 Å². The molecule has 1 aromatic rings. The van der Waals surface area contributed by atoms with Crippen LogP contribution in [-0.4, -0.2) is 40.9 Å². The van der Waals surface area contributed by atoms with E-state index < -0.39 is 0 Å². The Morgan fingerprint density at radius 1 is 1.33 bits per heavy atom. The third kappa shape index (κ3) is 4.78. The molecule has 1 N–H and O–H groups in total. The highest BCUT2D eigenvalue weighted by Gasteiger charge is 2.05. The predicted octanol–water partition coefficient (Wildman–Crippen LogP) is 2.29. The number of hydrogen-bond acceptors (Lipinski definition) is 3. The van der Waals surface area contributed by atoms with Gasteiger partial charge < -0.3 is 10.2 Å². The largest absolute Gasteiger partial charge is 0.311 e. The topological polar surface area (TPSA) is 33.1 Å². The molecule has 0 fully saturated rings. The molecule has 0 spiro atoms. The highest BCUT2D eigenvalue weighted by atomic mass is 15.3. The van der Waals surface area contributed by atoms with Gasteiger partial charge in [-0.15, -0.1) is 0 Å². The number of hydrogen-bond donors (Lipinski definition) is 1. The van der Waals surface area contributed by atoms with Crippen molar-refractivity contribution in [2.24, 2.45) is 0 Å². The van der Waals surface area contributed by atoms with Crippen molar-refractivity contribution in [2.75, 3.05) is 26.2 Å². The maximum atomic E-state index is 4.34. The fraction of sp³-hybridized carbons (Fsp3) is 0.786. The molecule has 0 bridgehead atoms. The molecule has 0 aliphatic heterocycles. The van der Waals surface area contributed by atoms with Gasteiger partial charge in [0.25, 0.3) is 0 Å². The molecule has 0 atom stereocenters. The number of nitrogens with one attached hydrogen (secondary N) is 1. The van der Waals surface area contributed by atoms with Gasteiger partial charge in [0.1, 0.15) is 0 Å². The van der Waals surface area contributed by atoms with Gasteiger partial charge in [0, 0.05) is 18.8 Å². The summed E-state index contributed by atoms with van der Waals surface area (Å²) in [6.45, 7) is 14.2. The molecule has 104 valence electrons. The molecule has 4 nitrogen and oxygen atoms in total. The summed E-state index contributed by atoms with van der Waals surface area (Å²) in [6.07, 6.45) is 3.09. The molecule has 0 aromatic carbocycles. The van der Waals surface area contributed by atoms with Gasteiger partial charge in [0.2, 0.25) is 0 Å². The molecular formula is C14H28N4. The van der Waals surface area contributed by atoms with Crippen LogP contribution in [-0.2, 0) is 6.54 Å². The molecule has 18 heavy (non-hydrogen) atoms. The lowest BCUT2D eigenvalue weighted by molar-refractivity contribution is 0.297. The summed E-state index contributed by atoms with van der Waals surface area (Å²) in [7, 11) is 0. The van der Waals surface area contributed by atoms with Crippen molar-refractivity contribution >= 4 is 0 Å². The minimum atomic E-state index is 0.437. The van der Waals surface area contributed by atoms with Crippen molar-refractivity contribution in [1.82, 2.24) is 20.0 Å². The summed E-state index contributed by atoms with van der Waals surface area (Å²) in [6, 6.07) is 2.53. The first-order chi connectivity index (χ1) is 8.69. The first kappa shape index (κ1) is 15.2. The van der Waals surface area contributed by atoms with Crippen LogP contribution in [0.25, 0.3) is 0 Å². The van der Waals surface area contributed by atoms with Crippen LogP contribution in [0.2, 0.25) is 0 Å². The van der Waals surface area contributed by atoms with E-state index in [9.17, 15) is 0 Å². The molecule has 1 heterocycles. The summed E-state index contributed by atoms with van der Waals surface area (Å²) in [5, 5.41) is 7.84. The van der Waals surface area contributed by atoms with Crippen LogP contribution in [0.1, 0.15) is 45.9 Å². The van der Waals surface area contributed by atoms with Crippen molar-refractivity contribution in [3.63, 3.8) is 0 Å². The van der Waals surface area contributed by atoms with Gasteiger partial charge in [0.15, 0.2) is 0 Å². The molecule has 0 amide bonds. The second kappa shape index (κ2) is 8.27. The second-order valence-corrected chi connectivity index (χ2v) is 4.92. The molecule has 4 heteroatoms. The summed E-state index contributed by atoms with van der Waals surface area (Å²) in [5.41, 5.74) is 1.27. The lowest BCUT2D eigenvalue weighted by atomic mass is 10.3. The average Bonchev–Trinajstić information content (AvgIpc) is 2.82. The SMILES string of the molecule is CCN(CC)CCCNCc1ccnn1C(C)C. The van der Waals surface area contributed by atoms with Gasteiger partial charge in [-0.2, -0.15) is 5.10 Å². The molecule has 0 radical (unpaired) electrons. The molecule has 0 aliphatic rings. The van der Waals surface area contributed by atoms with Crippen molar-refractivity contribution in [3.8, 4) is 0 Å². The molecule has 0 saturated carbocycles.